The van der Waals surface area contributed by atoms with E-state index in [9.17, 15) is 0 Å². The van der Waals surface area contributed by atoms with Crippen LogP contribution in [0.2, 0.25) is 0 Å². The Morgan fingerprint density at radius 2 is 1.59 bits per heavy atom. The van der Waals surface area contributed by atoms with E-state index in [1.807, 2.05) is 6.92 Å². The number of aryl methyl sites for hydroxylation is 1. The van der Waals surface area contributed by atoms with Gasteiger partial charge in [-0.1, -0.05) is 49.9 Å². The van der Waals surface area contributed by atoms with Crippen LogP contribution in [0.4, 0.5) is 0 Å². The van der Waals surface area contributed by atoms with Crippen molar-refractivity contribution in [2.75, 3.05) is 26.9 Å². The molecule has 0 fully saturated rings. The molecule has 1 aromatic rings. The predicted molar refractivity (Wildman–Crippen MR) is 93.1 cm³/mol. The Hall–Kier alpha value is -0.900. The summed E-state index contributed by atoms with van der Waals surface area (Å²) in [5.74, 6) is 0. The zero-order chi connectivity index (χ0) is 16.0. The van der Waals surface area contributed by atoms with Crippen LogP contribution in [-0.2, 0) is 15.9 Å². The average Bonchev–Trinajstić information content (AvgIpc) is 2.54. The average molecular weight is 307 g/mol. The van der Waals surface area contributed by atoms with Crippen LogP contribution >= 0.6 is 0 Å². The lowest BCUT2D eigenvalue weighted by atomic mass is 10.0. The fraction of sp³-hybridized carbons (Fsp3) is 0.684. The summed E-state index contributed by atoms with van der Waals surface area (Å²) in [5.41, 5.74) is 8.12. The van der Waals surface area contributed by atoms with Crippen LogP contribution < -0.4 is 5.73 Å². The molecule has 0 aliphatic rings. The van der Waals surface area contributed by atoms with Crippen molar-refractivity contribution in [1.82, 2.24) is 0 Å². The molecular formula is C19H33NO2. The second-order valence-corrected chi connectivity index (χ2v) is 5.80. The zero-order valence-corrected chi connectivity index (χ0v) is 14.4. The van der Waals surface area contributed by atoms with Crippen LogP contribution in [0.1, 0.15) is 62.7 Å². The van der Waals surface area contributed by atoms with Crippen LogP contribution in [0, 0.1) is 0 Å². The van der Waals surface area contributed by atoms with E-state index in [-0.39, 0.29) is 6.10 Å². The molecule has 1 aromatic carbocycles. The quantitative estimate of drug-likeness (QED) is 0.554. The van der Waals surface area contributed by atoms with Crippen molar-refractivity contribution < 1.29 is 9.47 Å². The highest BCUT2D eigenvalue weighted by Crippen LogP contribution is 2.19. The number of rotatable bonds is 13. The second kappa shape index (κ2) is 12.6. The van der Waals surface area contributed by atoms with Crippen LogP contribution in [0.15, 0.2) is 24.3 Å². The summed E-state index contributed by atoms with van der Waals surface area (Å²) in [5, 5.41) is 0. The number of nitrogens with two attached hydrogens (primary N) is 1. The molecule has 0 aliphatic heterocycles. The molecule has 0 saturated carbocycles. The molecule has 0 aromatic heterocycles. The third kappa shape index (κ3) is 7.92. The molecule has 0 saturated heterocycles. The smallest absolute Gasteiger partial charge is 0.106 e. The van der Waals surface area contributed by atoms with E-state index < -0.39 is 0 Å². The number of hydrogen-bond acceptors (Lipinski definition) is 3. The van der Waals surface area contributed by atoms with Gasteiger partial charge in [-0.2, -0.15) is 0 Å². The lowest BCUT2D eigenvalue weighted by Crippen LogP contribution is -2.10. The number of unbranched alkanes of at least 4 members (excludes halogenated alkanes) is 5. The summed E-state index contributed by atoms with van der Waals surface area (Å²) in [7, 11) is 1.72. The van der Waals surface area contributed by atoms with Gasteiger partial charge < -0.3 is 15.2 Å². The molecule has 1 unspecified atom stereocenters. The minimum atomic E-state index is 0.0478. The van der Waals surface area contributed by atoms with Crippen LogP contribution in [0.25, 0.3) is 0 Å². The Morgan fingerprint density at radius 1 is 0.955 bits per heavy atom. The number of hydrogen-bond donors (Lipinski definition) is 1. The van der Waals surface area contributed by atoms with Gasteiger partial charge in [0, 0.05) is 13.7 Å². The van der Waals surface area contributed by atoms with E-state index in [1.54, 1.807) is 7.11 Å². The Morgan fingerprint density at radius 3 is 2.18 bits per heavy atom. The topological polar surface area (TPSA) is 44.5 Å². The van der Waals surface area contributed by atoms with Gasteiger partial charge in [0.25, 0.3) is 0 Å². The fourth-order valence-corrected chi connectivity index (χ4v) is 2.67. The lowest BCUT2D eigenvalue weighted by Gasteiger charge is -2.16. The minimum Gasteiger partial charge on any atom is -0.382 e. The maximum atomic E-state index is 5.72. The highest BCUT2D eigenvalue weighted by Gasteiger charge is 2.10. The molecule has 0 bridgehead atoms. The Kier molecular flexibility index (Phi) is 11.0. The number of methoxy groups -OCH3 is 1. The molecule has 0 heterocycles. The molecule has 0 amide bonds. The van der Waals surface area contributed by atoms with Gasteiger partial charge in [0.15, 0.2) is 0 Å². The molecule has 1 rings (SSSR count). The van der Waals surface area contributed by atoms with Crippen LogP contribution in [-0.4, -0.2) is 26.9 Å². The summed E-state index contributed by atoms with van der Waals surface area (Å²) < 4.78 is 10.9. The Labute approximate surface area is 136 Å². The van der Waals surface area contributed by atoms with E-state index >= 15 is 0 Å². The molecular weight excluding hydrogens is 274 g/mol. The third-order valence-electron chi connectivity index (χ3n) is 3.96. The SMILES string of the molecule is CCOC(COC)c1ccc(CCCCCCCCN)cc1. The molecule has 2 N–H and O–H groups in total. The first-order valence-corrected chi connectivity index (χ1v) is 8.71. The molecule has 22 heavy (non-hydrogen) atoms. The summed E-state index contributed by atoms with van der Waals surface area (Å²) in [6, 6.07) is 8.81. The van der Waals surface area contributed by atoms with Gasteiger partial charge in [0.2, 0.25) is 0 Å². The number of ether oxygens (including phenoxy) is 2. The van der Waals surface area contributed by atoms with Crippen molar-refractivity contribution in [3.8, 4) is 0 Å². The van der Waals surface area contributed by atoms with E-state index in [1.165, 1.54) is 56.1 Å². The first-order valence-electron chi connectivity index (χ1n) is 8.71. The van der Waals surface area contributed by atoms with Crippen molar-refractivity contribution >= 4 is 0 Å². The molecule has 0 spiro atoms. The molecule has 0 radical (unpaired) electrons. The summed E-state index contributed by atoms with van der Waals surface area (Å²) in [4.78, 5) is 0. The first kappa shape index (κ1) is 19.1. The lowest BCUT2D eigenvalue weighted by molar-refractivity contribution is 0.00279. The number of benzene rings is 1. The van der Waals surface area contributed by atoms with E-state index in [4.69, 9.17) is 15.2 Å². The normalized spacial score (nSPS) is 12.5. The molecule has 3 nitrogen and oxygen atoms in total. The van der Waals surface area contributed by atoms with Crippen molar-refractivity contribution in [3.63, 3.8) is 0 Å². The first-order chi connectivity index (χ1) is 10.8. The largest absolute Gasteiger partial charge is 0.382 e. The maximum absolute atomic E-state index is 5.72. The van der Waals surface area contributed by atoms with Crippen LogP contribution in [0.3, 0.4) is 0 Å². The Bertz CT molecular complexity index is 358. The molecule has 3 heteroatoms. The van der Waals surface area contributed by atoms with Gasteiger partial charge in [-0.05, 0) is 43.9 Å². The summed E-state index contributed by atoms with van der Waals surface area (Å²) in [6.07, 6.45) is 8.91. The van der Waals surface area contributed by atoms with E-state index in [0.29, 0.717) is 13.2 Å². The van der Waals surface area contributed by atoms with Gasteiger partial charge in [-0.15, -0.1) is 0 Å². The predicted octanol–water partition coefficient (Wildman–Crippen LogP) is 4.25. The van der Waals surface area contributed by atoms with Gasteiger partial charge >= 0.3 is 0 Å². The second-order valence-electron chi connectivity index (χ2n) is 5.80. The molecule has 1 atom stereocenters. The van der Waals surface area contributed by atoms with Gasteiger partial charge in [-0.25, -0.2) is 0 Å². The van der Waals surface area contributed by atoms with Gasteiger partial charge in [0.05, 0.1) is 6.61 Å². The summed E-state index contributed by atoms with van der Waals surface area (Å²) in [6.45, 7) is 4.17. The van der Waals surface area contributed by atoms with Crippen molar-refractivity contribution in [3.05, 3.63) is 35.4 Å². The summed E-state index contributed by atoms with van der Waals surface area (Å²) >= 11 is 0. The van der Waals surface area contributed by atoms with Crippen molar-refractivity contribution in [2.45, 2.75) is 58.0 Å². The van der Waals surface area contributed by atoms with Crippen molar-refractivity contribution in [1.29, 1.82) is 0 Å². The van der Waals surface area contributed by atoms with Crippen LogP contribution in [0.5, 0.6) is 0 Å². The third-order valence-corrected chi connectivity index (χ3v) is 3.96. The fourth-order valence-electron chi connectivity index (χ4n) is 2.67. The van der Waals surface area contributed by atoms with E-state index in [2.05, 4.69) is 24.3 Å². The van der Waals surface area contributed by atoms with Crippen molar-refractivity contribution in [2.24, 2.45) is 5.73 Å². The zero-order valence-electron chi connectivity index (χ0n) is 14.4. The molecule has 0 aliphatic carbocycles. The highest BCUT2D eigenvalue weighted by molar-refractivity contribution is 5.24. The van der Waals surface area contributed by atoms with Gasteiger partial charge in [-0.3, -0.25) is 0 Å². The monoisotopic (exact) mass is 307 g/mol. The maximum Gasteiger partial charge on any atom is 0.106 e. The highest BCUT2D eigenvalue weighted by atomic mass is 16.5. The Balaban J connectivity index is 2.28. The molecule has 126 valence electrons. The van der Waals surface area contributed by atoms with Gasteiger partial charge in [0.1, 0.15) is 6.10 Å². The van der Waals surface area contributed by atoms with E-state index in [0.717, 1.165) is 6.54 Å². The minimum absolute atomic E-state index is 0.0478. The standard InChI is InChI=1S/C19H33NO2/c1-3-22-19(16-21-2)18-13-11-17(12-14-18)10-8-6-4-5-7-9-15-20/h11-14,19H,3-10,15-16,20H2,1-2H3.